The van der Waals surface area contributed by atoms with Gasteiger partial charge in [-0.05, 0) is 39.9 Å². The second-order valence-corrected chi connectivity index (χ2v) is 3.70. The largest absolute Gasteiger partial charge is 0.465 e. The Balaban J connectivity index is 3.77. The molecule has 0 bridgehead atoms. The summed E-state index contributed by atoms with van der Waals surface area (Å²) in [6, 6.07) is -0.773. The molecule has 0 aromatic carbocycles. The van der Waals surface area contributed by atoms with Crippen LogP contribution in [0.3, 0.4) is 0 Å². The van der Waals surface area contributed by atoms with E-state index in [0.717, 1.165) is 19.4 Å². The number of rotatable bonds is 7. The van der Waals surface area contributed by atoms with Crippen LogP contribution in [0.15, 0.2) is 0 Å². The van der Waals surface area contributed by atoms with Gasteiger partial charge in [-0.25, -0.2) is 4.79 Å². The van der Waals surface area contributed by atoms with Crippen LogP contribution >= 0.6 is 0 Å². The molecule has 0 saturated carbocycles. The fourth-order valence-corrected chi connectivity index (χ4v) is 1.21. The molecule has 0 radical (unpaired) electrons. The molecule has 1 atom stereocenters. The Morgan fingerprint density at radius 3 is 2.40 bits per heavy atom. The quantitative estimate of drug-likeness (QED) is 0.516. The number of primary amides is 1. The van der Waals surface area contributed by atoms with Gasteiger partial charge in [0.2, 0.25) is 5.91 Å². The van der Waals surface area contributed by atoms with E-state index in [9.17, 15) is 9.59 Å². The van der Waals surface area contributed by atoms with Crippen LogP contribution < -0.4 is 11.1 Å². The summed E-state index contributed by atoms with van der Waals surface area (Å²) in [5.41, 5.74) is 5.05. The number of carbonyl (C=O) groups excluding carboxylic acids is 1. The third kappa shape index (κ3) is 7.75. The fraction of sp³-hybridized carbons (Fsp3) is 0.778. The number of nitrogens with zero attached hydrogens (tertiary/aromatic N) is 1. The lowest BCUT2D eigenvalue weighted by Crippen LogP contribution is -2.43. The van der Waals surface area contributed by atoms with E-state index in [-0.39, 0.29) is 0 Å². The van der Waals surface area contributed by atoms with Crippen LogP contribution in [0.5, 0.6) is 0 Å². The Morgan fingerprint density at radius 2 is 2.00 bits per heavy atom. The van der Waals surface area contributed by atoms with Gasteiger partial charge < -0.3 is 21.1 Å². The summed E-state index contributed by atoms with van der Waals surface area (Å²) in [5.74, 6) is -0.623. The molecule has 2 amide bonds. The highest BCUT2D eigenvalue weighted by molar-refractivity contribution is 5.83. The minimum atomic E-state index is -1.22. The molecule has 0 saturated heterocycles. The van der Waals surface area contributed by atoms with Crippen molar-refractivity contribution in [2.24, 2.45) is 5.73 Å². The standard InChI is InChI=1S/C9H19N3O3/c1-12(2)6-4-3-5-7(8(10)13)11-9(14)15/h7,11H,3-6H2,1-2H3,(H2,10,13)(H,14,15)/t7-/m0/s1. The van der Waals surface area contributed by atoms with Crippen molar-refractivity contribution < 1.29 is 14.7 Å². The molecule has 6 heteroatoms. The first-order valence-electron chi connectivity index (χ1n) is 4.87. The van der Waals surface area contributed by atoms with Gasteiger partial charge in [0, 0.05) is 0 Å². The molecule has 88 valence electrons. The van der Waals surface area contributed by atoms with Crippen LogP contribution in [-0.2, 0) is 4.79 Å². The summed E-state index contributed by atoms with van der Waals surface area (Å²) >= 11 is 0. The summed E-state index contributed by atoms with van der Waals surface area (Å²) < 4.78 is 0. The minimum Gasteiger partial charge on any atom is -0.465 e. The van der Waals surface area contributed by atoms with Crippen molar-refractivity contribution in [1.82, 2.24) is 10.2 Å². The lowest BCUT2D eigenvalue weighted by molar-refractivity contribution is -0.120. The molecule has 0 heterocycles. The number of unbranched alkanes of at least 4 members (excludes halogenated alkanes) is 1. The van der Waals surface area contributed by atoms with Crippen molar-refractivity contribution >= 4 is 12.0 Å². The van der Waals surface area contributed by atoms with Gasteiger partial charge in [-0.15, -0.1) is 0 Å². The summed E-state index contributed by atoms with van der Waals surface area (Å²) in [6.07, 6.45) is 0.922. The molecule has 0 aliphatic rings. The Bertz CT molecular complexity index is 219. The topological polar surface area (TPSA) is 95.7 Å². The lowest BCUT2D eigenvalue weighted by atomic mass is 10.1. The van der Waals surface area contributed by atoms with Gasteiger partial charge in [-0.2, -0.15) is 0 Å². The molecule has 0 aromatic heterocycles. The summed E-state index contributed by atoms with van der Waals surface area (Å²) in [7, 11) is 3.92. The fourth-order valence-electron chi connectivity index (χ4n) is 1.21. The Labute approximate surface area is 89.4 Å². The molecular formula is C9H19N3O3. The lowest BCUT2D eigenvalue weighted by Gasteiger charge is -2.14. The zero-order valence-electron chi connectivity index (χ0n) is 9.19. The highest BCUT2D eigenvalue weighted by Gasteiger charge is 2.16. The van der Waals surface area contributed by atoms with E-state index in [1.165, 1.54) is 0 Å². The van der Waals surface area contributed by atoms with E-state index in [0.29, 0.717) is 6.42 Å². The number of amides is 2. The van der Waals surface area contributed by atoms with Crippen LogP contribution in [0.1, 0.15) is 19.3 Å². The first-order valence-corrected chi connectivity index (χ1v) is 4.87. The van der Waals surface area contributed by atoms with Gasteiger partial charge in [0.05, 0.1) is 0 Å². The molecular weight excluding hydrogens is 198 g/mol. The van der Waals surface area contributed by atoms with E-state index in [2.05, 4.69) is 5.32 Å². The van der Waals surface area contributed by atoms with E-state index in [1.54, 1.807) is 0 Å². The number of carbonyl (C=O) groups is 2. The van der Waals surface area contributed by atoms with Crippen LogP contribution in [0.4, 0.5) is 4.79 Å². The average molecular weight is 217 g/mol. The van der Waals surface area contributed by atoms with Crippen molar-refractivity contribution in [3.05, 3.63) is 0 Å². The number of nitrogens with one attached hydrogen (secondary N) is 1. The first kappa shape index (κ1) is 13.7. The van der Waals surface area contributed by atoms with Crippen molar-refractivity contribution in [2.75, 3.05) is 20.6 Å². The SMILES string of the molecule is CN(C)CCCC[C@H](NC(=O)O)C(N)=O. The molecule has 0 aliphatic carbocycles. The van der Waals surface area contributed by atoms with Crippen molar-refractivity contribution in [2.45, 2.75) is 25.3 Å². The van der Waals surface area contributed by atoms with Gasteiger partial charge in [-0.1, -0.05) is 0 Å². The van der Waals surface area contributed by atoms with E-state index in [4.69, 9.17) is 10.8 Å². The second-order valence-electron chi connectivity index (χ2n) is 3.70. The first-order chi connectivity index (χ1) is 6.93. The molecule has 6 nitrogen and oxygen atoms in total. The molecule has 4 N–H and O–H groups in total. The number of hydrogen-bond donors (Lipinski definition) is 3. The van der Waals surface area contributed by atoms with Gasteiger partial charge in [0.1, 0.15) is 6.04 Å². The summed E-state index contributed by atoms with van der Waals surface area (Å²) in [5, 5.41) is 10.5. The third-order valence-electron chi connectivity index (χ3n) is 1.99. The van der Waals surface area contributed by atoms with Gasteiger partial charge >= 0.3 is 6.09 Å². The van der Waals surface area contributed by atoms with Gasteiger partial charge in [-0.3, -0.25) is 4.79 Å². The highest BCUT2D eigenvalue weighted by atomic mass is 16.4. The monoisotopic (exact) mass is 217 g/mol. The smallest absolute Gasteiger partial charge is 0.405 e. The minimum absolute atomic E-state index is 0.454. The van der Waals surface area contributed by atoms with Crippen LogP contribution in [-0.4, -0.2) is 48.7 Å². The van der Waals surface area contributed by atoms with E-state index < -0.39 is 18.0 Å². The summed E-state index contributed by atoms with van der Waals surface area (Å²) in [6.45, 7) is 0.915. The highest BCUT2D eigenvalue weighted by Crippen LogP contribution is 2.01. The van der Waals surface area contributed by atoms with E-state index in [1.807, 2.05) is 19.0 Å². The summed E-state index contributed by atoms with van der Waals surface area (Å²) in [4.78, 5) is 23.2. The van der Waals surface area contributed by atoms with Crippen LogP contribution in [0.25, 0.3) is 0 Å². The second kappa shape index (κ2) is 7.05. The van der Waals surface area contributed by atoms with Crippen LogP contribution in [0, 0.1) is 0 Å². The Kier molecular flexibility index (Phi) is 6.44. The zero-order chi connectivity index (χ0) is 11.8. The average Bonchev–Trinajstić information content (AvgIpc) is 2.08. The van der Waals surface area contributed by atoms with Crippen molar-refractivity contribution in [1.29, 1.82) is 0 Å². The molecule has 0 spiro atoms. The number of hydrogen-bond acceptors (Lipinski definition) is 3. The Hall–Kier alpha value is -1.30. The number of carboxylic acid groups (broad SMARTS) is 1. The zero-order valence-corrected chi connectivity index (χ0v) is 9.19. The number of nitrogens with two attached hydrogens (primary N) is 1. The molecule has 0 aromatic rings. The molecule has 0 rings (SSSR count). The van der Waals surface area contributed by atoms with Gasteiger partial charge in [0.15, 0.2) is 0 Å². The maximum absolute atomic E-state index is 10.8. The molecule has 0 unspecified atom stereocenters. The predicted octanol–water partition coefficient (Wildman–Crippen LogP) is -0.160. The third-order valence-corrected chi connectivity index (χ3v) is 1.99. The maximum Gasteiger partial charge on any atom is 0.405 e. The normalized spacial score (nSPS) is 12.5. The van der Waals surface area contributed by atoms with Crippen molar-refractivity contribution in [3.8, 4) is 0 Å². The van der Waals surface area contributed by atoms with Gasteiger partial charge in [0.25, 0.3) is 0 Å². The molecule has 15 heavy (non-hydrogen) atoms. The van der Waals surface area contributed by atoms with E-state index >= 15 is 0 Å². The Morgan fingerprint density at radius 1 is 1.40 bits per heavy atom. The predicted molar refractivity (Wildman–Crippen MR) is 56.5 cm³/mol. The molecule has 0 fully saturated rings. The van der Waals surface area contributed by atoms with Crippen LogP contribution in [0.2, 0.25) is 0 Å². The maximum atomic E-state index is 10.8. The van der Waals surface area contributed by atoms with Crippen molar-refractivity contribution in [3.63, 3.8) is 0 Å². The molecule has 0 aliphatic heterocycles.